The third-order valence-electron chi connectivity index (χ3n) is 4.87. The fourth-order valence-electron chi connectivity index (χ4n) is 3.46. The number of benzene rings is 2. The Balaban J connectivity index is 2.04. The van der Waals surface area contributed by atoms with Crippen LogP contribution in [0, 0.1) is 0 Å². The smallest absolute Gasteiger partial charge is 0.286 e. The second kappa shape index (κ2) is 9.73. The van der Waals surface area contributed by atoms with Gasteiger partial charge in [-0.25, -0.2) is 0 Å². The molecule has 2 aromatic rings. The maximum atomic E-state index is 13.7. The van der Waals surface area contributed by atoms with Crippen molar-refractivity contribution >= 4 is 34.0 Å². The summed E-state index contributed by atoms with van der Waals surface area (Å²) in [6.07, 6.45) is 1.22. The Bertz CT molecular complexity index is 823. The number of aliphatic hydroxyl groups excluding tert-OH is 1. The summed E-state index contributed by atoms with van der Waals surface area (Å²) in [5.74, 6) is -0.0102. The number of rotatable bonds is 6. The number of hydrogen-bond donors (Lipinski definition) is 1. The molecule has 1 aliphatic rings. The molecule has 29 heavy (non-hydrogen) atoms. The lowest BCUT2D eigenvalue weighted by molar-refractivity contribution is -0.0232. The fraction of sp³-hybridized carbons (Fsp3) is 0.391. The first-order chi connectivity index (χ1) is 13.8. The van der Waals surface area contributed by atoms with Gasteiger partial charge in [-0.3, -0.25) is 0 Å². The number of ether oxygens (including phenoxy) is 1. The Labute approximate surface area is 190 Å². The normalized spacial score (nSPS) is 19.7. The molecule has 1 N–H and O–H groups in total. The molecular weight excluding hydrogens is 497 g/mol. The molecule has 0 aliphatic carbocycles. The average Bonchev–Trinajstić information content (AvgIpc) is 2.70. The standard InChI is InChI=1S/C23H28INO3S/c1-23(2,3)29(27)25(16-17-10-6-4-7-11-17)21(18-12-8-5-9-13-18)20-15-14-19(24)22(26)28-20/h4-13,20-21,26H,14-16H2,1-3H3/t20-,21+,29?/m0/s1. The Morgan fingerprint density at radius 2 is 1.72 bits per heavy atom. The van der Waals surface area contributed by atoms with Crippen LogP contribution in [-0.2, 0) is 22.6 Å². The summed E-state index contributed by atoms with van der Waals surface area (Å²) >= 11 is 0.850. The van der Waals surface area contributed by atoms with Crippen molar-refractivity contribution < 1.29 is 14.4 Å². The monoisotopic (exact) mass is 525 g/mol. The minimum absolute atomic E-state index is 0.0102. The second-order valence-corrected chi connectivity index (χ2v) is 11.7. The molecule has 1 aliphatic heterocycles. The molecule has 0 spiro atoms. The van der Waals surface area contributed by atoms with Crippen LogP contribution in [-0.4, -0.2) is 24.8 Å². The van der Waals surface area contributed by atoms with E-state index in [0.717, 1.165) is 27.5 Å². The molecule has 4 nitrogen and oxygen atoms in total. The van der Waals surface area contributed by atoms with Gasteiger partial charge < -0.3 is 14.4 Å². The van der Waals surface area contributed by atoms with Gasteiger partial charge in [-0.2, -0.15) is 0 Å². The van der Waals surface area contributed by atoms with Gasteiger partial charge >= 0.3 is 0 Å². The first-order valence-electron chi connectivity index (χ1n) is 9.79. The molecule has 156 valence electrons. The van der Waals surface area contributed by atoms with E-state index < -0.39 is 16.1 Å². The summed E-state index contributed by atoms with van der Waals surface area (Å²) in [5.41, 5.74) is 2.13. The van der Waals surface area contributed by atoms with Gasteiger partial charge in [0.2, 0.25) is 0 Å². The van der Waals surface area contributed by atoms with Crippen LogP contribution in [0.2, 0.25) is 0 Å². The van der Waals surface area contributed by atoms with Crippen LogP contribution in [0.4, 0.5) is 0 Å². The van der Waals surface area contributed by atoms with Crippen molar-refractivity contribution in [1.82, 2.24) is 4.31 Å². The van der Waals surface area contributed by atoms with Gasteiger partial charge in [0, 0.05) is 11.4 Å². The third-order valence-corrected chi connectivity index (χ3v) is 7.70. The van der Waals surface area contributed by atoms with Crippen LogP contribution >= 0.6 is 22.6 Å². The van der Waals surface area contributed by atoms with Crippen molar-refractivity contribution in [1.29, 1.82) is 0 Å². The van der Waals surface area contributed by atoms with E-state index >= 15 is 0 Å². The van der Waals surface area contributed by atoms with Gasteiger partial charge in [0.25, 0.3) is 5.95 Å². The van der Waals surface area contributed by atoms with Crippen LogP contribution in [0.25, 0.3) is 0 Å². The highest BCUT2D eigenvalue weighted by molar-refractivity contribution is 14.1. The quantitative estimate of drug-likeness (QED) is 0.370. The molecule has 3 rings (SSSR count). The molecule has 0 fully saturated rings. The lowest BCUT2D eigenvalue weighted by atomic mass is 9.96. The summed E-state index contributed by atoms with van der Waals surface area (Å²) in [4.78, 5) is 0. The van der Waals surface area contributed by atoms with Crippen LogP contribution < -0.4 is 0 Å². The highest BCUT2D eigenvalue weighted by atomic mass is 127. The van der Waals surface area contributed by atoms with E-state index in [1.54, 1.807) is 0 Å². The minimum Gasteiger partial charge on any atom is -0.597 e. The Hall–Kier alpha value is -1.22. The van der Waals surface area contributed by atoms with Crippen molar-refractivity contribution in [3.8, 4) is 0 Å². The van der Waals surface area contributed by atoms with Crippen molar-refractivity contribution in [2.45, 2.75) is 57.1 Å². The molecule has 3 atom stereocenters. The van der Waals surface area contributed by atoms with Crippen molar-refractivity contribution in [3.63, 3.8) is 0 Å². The maximum Gasteiger partial charge on any atom is 0.286 e. The molecule has 0 aromatic heterocycles. The highest BCUT2D eigenvalue weighted by Gasteiger charge is 2.43. The molecule has 0 radical (unpaired) electrons. The van der Waals surface area contributed by atoms with Crippen LogP contribution in [0.1, 0.15) is 50.8 Å². The van der Waals surface area contributed by atoms with Gasteiger partial charge in [-0.1, -0.05) is 60.7 Å². The predicted octanol–water partition coefficient (Wildman–Crippen LogP) is 6.03. The fourth-order valence-corrected chi connectivity index (χ4v) is 5.33. The Kier molecular flexibility index (Phi) is 7.53. The van der Waals surface area contributed by atoms with Crippen molar-refractivity contribution in [3.05, 3.63) is 81.3 Å². The van der Waals surface area contributed by atoms with Crippen molar-refractivity contribution in [2.24, 2.45) is 0 Å². The summed E-state index contributed by atoms with van der Waals surface area (Å²) in [5, 5.41) is 10.3. The van der Waals surface area contributed by atoms with Crippen LogP contribution in [0.15, 0.2) is 70.2 Å². The number of nitrogens with zero attached hydrogens (tertiary/aromatic N) is 1. The molecule has 0 amide bonds. The molecule has 6 heteroatoms. The summed E-state index contributed by atoms with van der Waals surface area (Å²) < 4.78 is 22.1. The number of halogens is 1. The lowest BCUT2D eigenvalue weighted by Gasteiger charge is -2.41. The largest absolute Gasteiger partial charge is 0.597 e. The zero-order chi connectivity index (χ0) is 21.0. The van der Waals surface area contributed by atoms with Gasteiger partial charge in [-0.15, -0.1) is 4.31 Å². The molecule has 1 unspecified atom stereocenters. The van der Waals surface area contributed by atoms with Crippen LogP contribution in [0.3, 0.4) is 0 Å². The van der Waals surface area contributed by atoms with Crippen molar-refractivity contribution in [2.75, 3.05) is 0 Å². The van der Waals surface area contributed by atoms with E-state index in [2.05, 4.69) is 34.7 Å². The molecule has 1 heterocycles. The van der Waals surface area contributed by atoms with Gasteiger partial charge in [-0.05, 0) is 67.3 Å². The van der Waals surface area contributed by atoms with E-state index in [1.165, 1.54) is 0 Å². The SMILES string of the molecule is CC(C)(C)[S+]([O-])N(Cc1ccccc1)[C@H](c1ccccc1)[C@@H]1CCC(I)=C(O)O1. The van der Waals surface area contributed by atoms with Gasteiger partial charge in [0.1, 0.15) is 16.9 Å². The summed E-state index contributed by atoms with van der Waals surface area (Å²) in [7, 11) is 0. The number of allylic oxidation sites excluding steroid dienone is 1. The number of hydrogen-bond acceptors (Lipinski definition) is 4. The first-order valence-corrected chi connectivity index (χ1v) is 12.0. The van der Waals surface area contributed by atoms with E-state index in [0.29, 0.717) is 6.54 Å². The van der Waals surface area contributed by atoms with E-state index in [9.17, 15) is 9.66 Å². The summed E-state index contributed by atoms with van der Waals surface area (Å²) in [6, 6.07) is 19.9. The molecule has 0 bridgehead atoms. The van der Waals surface area contributed by atoms with Gasteiger partial charge in [0.15, 0.2) is 0 Å². The molecule has 0 saturated heterocycles. The predicted molar refractivity (Wildman–Crippen MR) is 127 cm³/mol. The molecular formula is C23H28INO3S. The number of aliphatic hydroxyl groups is 1. The topological polar surface area (TPSA) is 55.8 Å². The average molecular weight is 525 g/mol. The first kappa shape index (κ1) is 22.5. The zero-order valence-corrected chi connectivity index (χ0v) is 20.0. The highest BCUT2D eigenvalue weighted by Crippen LogP contribution is 2.40. The van der Waals surface area contributed by atoms with Crippen LogP contribution in [0.5, 0.6) is 0 Å². The molecule has 2 aromatic carbocycles. The zero-order valence-electron chi connectivity index (χ0n) is 17.0. The molecule has 0 saturated carbocycles. The maximum absolute atomic E-state index is 13.7. The van der Waals surface area contributed by atoms with Gasteiger partial charge in [0.05, 0.1) is 10.1 Å². The Morgan fingerprint density at radius 3 is 2.28 bits per heavy atom. The lowest BCUT2D eigenvalue weighted by Crippen LogP contribution is -2.48. The third kappa shape index (κ3) is 5.69. The second-order valence-electron chi connectivity index (χ2n) is 8.18. The van der Waals surface area contributed by atoms with E-state index in [4.69, 9.17) is 4.74 Å². The minimum atomic E-state index is -1.27. The summed E-state index contributed by atoms with van der Waals surface area (Å²) in [6.45, 7) is 6.51. The van der Waals surface area contributed by atoms with E-state index in [1.807, 2.05) is 73.6 Å². The Morgan fingerprint density at radius 1 is 1.14 bits per heavy atom. The van der Waals surface area contributed by atoms with E-state index in [-0.39, 0.29) is 18.1 Å².